The van der Waals surface area contributed by atoms with Crippen LogP contribution in [0, 0.1) is 5.92 Å². The summed E-state index contributed by atoms with van der Waals surface area (Å²) in [6.07, 6.45) is 2.44. The number of rotatable bonds is 5. The van der Waals surface area contributed by atoms with Gasteiger partial charge in [0.1, 0.15) is 12.3 Å². The van der Waals surface area contributed by atoms with Gasteiger partial charge in [0, 0.05) is 6.20 Å². The van der Waals surface area contributed by atoms with Gasteiger partial charge in [-0.1, -0.05) is 6.92 Å². The van der Waals surface area contributed by atoms with Crippen LogP contribution in [0.15, 0.2) is 30.6 Å². The van der Waals surface area contributed by atoms with E-state index in [0.717, 1.165) is 5.56 Å². The van der Waals surface area contributed by atoms with Gasteiger partial charge in [-0.15, -0.1) is 0 Å². The summed E-state index contributed by atoms with van der Waals surface area (Å²) in [5, 5.41) is 23.8. The van der Waals surface area contributed by atoms with Crippen molar-refractivity contribution in [3.05, 3.63) is 41.9 Å². The minimum atomic E-state index is -1.78. The van der Waals surface area contributed by atoms with E-state index in [0.29, 0.717) is 17.7 Å². The third-order valence-electron chi connectivity index (χ3n) is 7.99. The molecule has 1 amide bonds. The Morgan fingerprint density at radius 2 is 1.89 bits per heavy atom. The zero-order valence-electron chi connectivity index (χ0n) is 21.3. The van der Waals surface area contributed by atoms with Gasteiger partial charge in [-0.2, -0.15) is 0 Å². The van der Waals surface area contributed by atoms with E-state index in [2.05, 4.69) is 15.3 Å². The number of aliphatic hydroxyl groups is 2. The maximum atomic E-state index is 13.5. The van der Waals surface area contributed by atoms with Crippen molar-refractivity contribution in [2.75, 3.05) is 17.7 Å². The van der Waals surface area contributed by atoms with Crippen LogP contribution in [-0.4, -0.2) is 62.8 Å². The van der Waals surface area contributed by atoms with Crippen LogP contribution in [0.4, 0.5) is 15.8 Å². The van der Waals surface area contributed by atoms with E-state index >= 15 is 0 Å². The van der Waals surface area contributed by atoms with Crippen molar-refractivity contribution in [2.24, 2.45) is 5.92 Å². The van der Waals surface area contributed by atoms with Crippen molar-refractivity contribution in [2.45, 2.75) is 76.3 Å². The van der Waals surface area contributed by atoms with Crippen LogP contribution in [0.1, 0.15) is 69.4 Å². The number of carbonyl (C=O) groups excluding carboxylic acids is 1. The van der Waals surface area contributed by atoms with Crippen molar-refractivity contribution in [1.82, 2.24) is 9.97 Å². The molecule has 1 aliphatic heterocycles. The molecule has 0 bridgehead atoms. The SMILES string of the molecule is CC1CC(c2ccncc2NC(=O)c2nc(B3OC(C)(C)C(C)(C)O3)ccc2N)CC(O)C1(O)CF. The molecule has 1 aliphatic carbocycles. The molecule has 2 fully saturated rings. The average molecular weight is 500 g/mol. The van der Waals surface area contributed by atoms with Crippen LogP contribution in [0.2, 0.25) is 0 Å². The van der Waals surface area contributed by atoms with E-state index in [1.54, 1.807) is 31.3 Å². The average Bonchev–Trinajstić information content (AvgIpc) is 3.04. The smallest absolute Gasteiger partial charge is 0.398 e. The standard InChI is InChI=1S/C25H34BFN4O5/c1-14-10-15(11-19(32)25(14,34)13-27)16-8-9-29-12-18(16)30-22(33)21-17(28)6-7-20(31-21)26-35-23(2,3)24(4,5)36-26/h6-9,12,14-15,19,32,34H,10-11,13,28H2,1-5H3,(H,30,33). The van der Waals surface area contributed by atoms with Crippen LogP contribution < -0.4 is 16.6 Å². The Morgan fingerprint density at radius 3 is 2.50 bits per heavy atom. The second-order valence-corrected chi connectivity index (χ2v) is 10.9. The lowest BCUT2D eigenvalue weighted by Gasteiger charge is -2.43. The second kappa shape index (κ2) is 9.37. The number of pyridine rings is 2. The number of halogens is 1. The summed E-state index contributed by atoms with van der Waals surface area (Å²) in [7, 11) is -0.754. The van der Waals surface area contributed by atoms with Gasteiger partial charge in [0.15, 0.2) is 5.69 Å². The molecule has 36 heavy (non-hydrogen) atoms. The molecule has 2 aromatic rings. The van der Waals surface area contributed by atoms with Crippen molar-refractivity contribution in [3.63, 3.8) is 0 Å². The molecule has 0 radical (unpaired) electrons. The molecule has 11 heteroatoms. The topological polar surface area (TPSA) is 140 Å². The molecule has 1 saturated heterocycles. The van der Waals surface area contributed by atoms with Crippen molar-refractivity contribution < 1.29 is 28.7 Å². The van der Waals surface area contributed by atoms with E-state index < -0.39 is 48.5 Å². The molecule has 1 saturated carbocycles. The Kier molecular flexibility index (Phi) is 6.89. The summed E-state index contributed by atoms with van der Waals surface area (Å²) in [5.41, 5.74) is 4.97. The van der Waals surface area contributed by atoms with Crippen LogP contribution in [0.5, 0.6) is 0 Å². The largest absolute Gasteiger partial charge is 0.514 e. The number of aliphatic hydroxyl groups excluding tert-OH is 1. The lowest BCUT2D eigenvalue weighted by molar-refractivity contribution is -0.146. The second-order valence-electron chi connectivity index (χ2n) is 10.9. The highest BCUT2D eigenvalue weighted by Crippen LogP contribution is 2.44. The molecule has 2 aliphatic rings. The number of nitrogen functional groups attached to an aromatic ring is 1. The Hall–Kier alpha value is -2.60. The number of alkyl halides is 1. The highest BCUT2D eigenvalue weighted by Gasteiger charge is 2.52. The maximum absolute atomic E-state index is 13.5. The van der Waals surface area contributed by atoms with Gasteiger partial charge in [0.2, 0.25) is 0 Å². The van der Waals surface area contributed by atoms with E-state index in [1.807, 2.05) is 27.7 Å². The zero-order valence-corrected chi connectivity index (χ0v) is 21.3. The molecular weight excluding hydrogens is 466 g/mol. The molecule has 3 heterocycles. The number of aromatic nitrogens is 2. The Bertz CT molecular complexity index is 1120. The lowest BCUT2D eigenvalue weighted by Crippen LogP contribution is -2.53. The Labute approximate surface area is 210 Å². The molecule has 5 N–H and O–H groups in total. The molecule has 4 atom stereocenters. The Morgan fingerprint density at radius 1 is 1.22 bits per heavy atom. The van der Waals surface area contributed by atoms with Crippen LogP contribution in [0.25, 0.3) is 0 Å². The third kappa shape index (κ3) is 4.60. The minimum Gasteiger partial charge on any atom is -0.398 e. The number of hydrogen-bond acceptors (Lipinski definition) is 8. The quantitative estimate of drug-likeness (QED) is 0.458. The lowest BCUT2D eigenvalue weighted by atomic mass is 9.68. The number of hydrogen-bond donors (Lipinski definition) is 4. The van der Waals surface area contributed by atoms with E-state index in [-0.39, 0.29) is 23.7 Å². The first-order valence-corrected chi connectivity index (χ1v) is 12.1. The molecule has 4 rings (SSSR count). The van der Waals surface area contributed by atoms with Gasteiger partial charge in [-0.3, -0.25) is 9.78 Å². The number of nitrogens with zero attached hydrogens (tertiary/aromatic N) is 2. The molecule has 194 valence electrons. The summed E-state index contributed by atoms with van der Waals surface area (Å²) in [6.45, 7) is 8.41. The molecule has 0 spiro atoms. The highest BCUT2D eigenvalue weighted by atomic mass is 19.1. The summed E-state index contributed by atoms with van der Waals surface area (Å²) < 4.78 is 25.6. The summed E-state index contributed by atoms with van der Waals surface area (Å²) in [5.74, 6) is -1.24. The third-order valence-corrected chi connectivity index (χ3v) is 7.99. The van der Waals surface area contributed by atoms with E-state index in [4.69, 9.17) is 15.0 Å². The molecule has 9 nitrogen and oxygen atoms in total. The Balaban J connectivity index is 1.57. The van der Waals surface area contributed by atoms with Gasteiger partial charge < -0.3 is 30.6 Å². The number of anilines is 2. The zero-order chi connectivity index (χ0) is 26.5. The van der Waals surface area contributed by atoms with Gasteiger partial charge in [0.05, 0.1) is 40.5 Å². The minimum absolute atomic E-state index is 0.0147. The predicted octanol–water partition coefficient (Wildman–Crippen LogP) is 2.19. The predicted molar refractivity (Wildman–Crippen MR) is 135 cm³/mol. The number of nitrogens with two attached hydrogens (primary N) is 1. The van der Waals surface area contributed by atoms with Gasteiger partial charge in [-0.05, 0) is 76.1 Å². The highest BCUT2D eigenvalue weighted by molar-refractivity contribution is 6.61. The van der Waals surface area contributed by atoms with Crippen LogP contribution in [-0.2, 0) is 9.31 Å². The van der Waals surface area contributed by atoms with Gasteiger partial charge >= 0.3 is 7.12 Å². The van der Waals surface area contributed by atoms with Crippen LogP contribution in [0.3, 0.4) is 0 Å². The van der Waals surface area contributed by atoms with Crippen molar-refractivity contribution >= 4 is 30.0 Å². The molecule has 0 aromatic carbocycles. The number of amides is 1. The van der Waals surface area contributed by atoms with Gasteiger partial charge in [0.25, 0.3) is 5.91 Å². The summed E-state index contributed by atoms with van der Waals surface area (Å²) in [4.78, 5) is 21.8. The first kappa shape index (κ1) is 26.5. The summed E-state index contributed by atoms with van der Waals surface area (Å²) in [6, 6.07) is 5.00. The van der Waals surface area contributed by atoms with E-state index in [9.17, 15) is 19.4 Å². The normalized spacial score (nSPS) is 29.2. The van der Waals surface area contributed by atoms with Crippen LogP contribution >= 0.6 is 0 Å². The fraction of sp³-hybridized carbons (Fsp3) is 0.560. The first-order valence-electron chi connectivity index (χ1n) is 12.1. The van der Waals surface area contributed by atoms with E-state index in [1.165, 1.54) is 6.20 Å². The fourth-order valence-electron chi connectivity index (χ4n) is 4.81. The number of carbonyl (C=O) groups is 1. The van der Waals surface area contributed by atoms with Crippen molar-refractivity contribution in [1.29, 1.82) is 0 Å². The molecule has 2 aromatic heterocycles. The molecular formula is C25H34BFN4O5. The summed E-state index contributed by atoms with van der Waals surface area (Å²) >= 11 is 0. The van der Waals surface area contributed by atoms with Crippen molar-refractivity contribution in [3.8, 4) is 0 Å². The molecule has 4 unspecified atom stereocenters. The monoisotopic (exact) mass is 500 g/mol. The van der Waals surface area contributed by atoms with Gasteiger partial charge in [-0.25, -0.2) is 9.37 Å². The maximum Gasteiger partial charge on any atom is 0.514 e. The number of nitrogens with one attached hydrogen (secondary N) is 1. The first-order chi connectivity index (χ1) is 16.8. The fourth-order valence-corrected chi connectivity index (χ4v) is 4.81.